The fourth-order valence-electron chi connectivity index (χ4n) is 8.39. The second-order valence-corrected chi connectivity index (χ2v) is 15.2. The Morgan fingerprint density at radius 2 is 0.964 bits per heavy atom. The molecule has 5 nitrogen and oxygen atoms in total. The highest BCUT2D eigenvalue weighted by molar-refractivity contribution is 7.99. The average molecular weight is 720 g/mol. The van der Waals surface area contributed by atoms with Gasteiger partial charge in [-0.3, -0.25) is 9.13 Å². The van der Waals surface area contributed by atoms with Crippen LogP contribution in [0.2, 0.25) is 0 Å². The summed E-state index contributed by atoms with van der Waals surface area (Å²) in [4.78, 5) is 18.0. The van der Waals surface area contributed by atoms with Crippen molar-refractivity contribution >= 4 is 66.1 Å². The van der Waals surface area contributed by atoms with Gasteiger partial charge in [0, 0.05) is 48.3 Å². The molecule has 6 heteroatoms. The lowest BCUT2D eigenvalue weighted by Crippen LogP contribution is -2.06. The second kappa shape index (κ2) is 11.7. The zero-order valence-corrected chi connectivity index (χ0v) is 30.2. The van der Waals surface area contributed by atoms with E-state index in [1.54, 1.807) is 0 Å². The summed E-state index contributed by atoms with van der Waals surface area (Å²) in [7, 11) is 0. The van der Waals surface area contributed by atoms with Gasteiger partial charge in [-0.25, -0.2) is 15.0 Å². The maximum absolute atomic E-state index is 5.20. The minimum atomic E-state index is 0.626. The van der Waals surface area contributed by atoms with Gasteiger partial charge in [-0.15, -0.1) is 0 Å². The van der Waals surface area contributed by atoms with Crippen LogP contribution in [0.1, 0.15) is 0 Å². The molecule has 0 saturated heterocycles. The third-order valence-corrected chi connectivity index (χ3v) is 12.0. The lowest BCUT2D eigenvalue weighted by atomic mass is 10.1. The van der Waals surface area contributed by atoms with Crippen molar-refractivity contribution in [2.45, 2.75) is 9.79 Å². The molecule has 0 atom stereocenters. The summed E-state index contributed by atoms with van der Waals surface area (Å²) in [6.45, 7) is 0. The highest BCUT2D eigenvalue weighted by atomic mass is 32.2. The topological polar surface area (TPSA) is 48.5 Å². The first-order valence-corrected chi connectivity index (χ1v) is 19.3. The zero-order chi connectivity index (χ0) is 36.0. The molecular weight excluding hydrogens is 691 g/mol. The third-order valence-electron chi connectivity index (χ3n) is 10.9. The number of aromatic nitrogens is 5. The summed E-state index contributed by atoms with van der Waals surface area (Å²) >= 11 is 1.85. The molecule has 256 valence electrons. The van der Waals surface area contributed by atoms with E-state index in [1.165, 1.54) is 47.9 Å². The lowest BCUT2D eigenvalue weighted by Gasteiger charge is -2.21. The minimum Gasteiger partial charge on any atom is -0.295 e. The van der Waals surface area contributed by atoms with Crippen LogP contribution in [0.25, 0.3) is 99.9 Å². The Bertz CT molecular complexity index is 3280. The largest absolute Gasteiger partial charge is 0.295 e. The van der Waals surface area contributed by atoms with Crippen LogP contribution >= 0.6 is 11.8 Å². The van der Waals surface area contributed by atoms with Gasteiger partial charge in [0.2, 0.25) is 0 Å². The van der Waals surface area contributed by atoms with Crippen LogP contribution in [-0.4, -0.2) is 24.1 Å². The van der Waals surface area contributed by atoms with Crippen molar-refractivity contribution in [2.75, 3.05) is 0 Å². The predicted molar refractivity (Wildman–Crippen MR) is 226 cm³/mol. The number of benzene rings is 8. The Hall–Kier alpha value is -7.02. The monoisotopic (exact) mass is 719 g/mol. The van der Waals surface area contributed by atoms with E-state index in [2.05, 4.69) is 185 Å². The number of hydrogen-bond donors (Lipinski definition) is 0. The molecule has 3 aromatic heterocycles. The van der Waals surface area contributed by atoms with Gasteiger partial charge < -0.3 is 0 Å². The van der Waals surface area contributed by atoms with E-state index in [0.717, 1.165) is 44.3 Å². The summed E-state index contributed by atoms with van der Waals surface area (Å²) in [5, 5.41) is 8.39. The molecule has 55 heavy (non-hydrogen) atoms. The molecule has 0 fully saturated rings. The van der Waals surface area contributed by atoms with Crippen molar-refractivity contribution in [1.82, 2.24) is 24.1 Å². The van der Waals surface area contributed by atoms with Crippen molar-refractivity contribution in [1.29, 1.82) is 0 Å². The fourth-order valence-corrected chi connectivity index (χ4v) is 9.49. The first kappa shape index (κ1) is 30.4. The minimum absolute atomic E-state index is 0.626. The quantitative estimate of drug-likeness (QED) is 0.182. The van der Waals surface area contributed by atoms with Gasteiger partial charge in [0.1, 0.15) is 5.65 Å². The van der Waals surface area contributed by atoms with Gasteiger partial charge in [0.15, 0.2) is 17.5 Å². The molecule has 12 rings (SSSR count). The smallest absolute Gasteiger partial charge is 0.164 e. The number of hydrogen-bond acceptors (Lipinski definition) is 4. The standard InChI is InChI=1S/C49H29N5S/c1-3-13-32-27-35(25-23-30(32)11-1)47-50-46(51-48(52-47)36-26-24-31-12-2-4-14-33(31)28-36)34-15-9-16-37(29-34)53-40-19-6-5-17-38(40)44-39-18-10-22-43-45(39)54(49(44)53)41-20-7-8-21-42(41)55-43/h1-29H. The molecule has 0 amide bonds. The Morgan fingerprint density at radius 3 is 1.69 bits per heavy atom. The van der Waals surface area contributed by atoms with Gasteiger partial charge in [-0.1, -0.05) is 139 Å². The Morgan fingerprint density at radius 1 is 0.400 bits per heavy atom. The Labute approximate surface area is 320 Å². The van der Waals surface area contributed by atoms with E-state index >= 15 is 0 Å². The van der Waals surface area contributed by atoms with E-state index in [-0.39, 0.29) is 0 Å². The van der Waals surface area contributed by atoms with Gasteiger partial charge in [-0.2, -0.15) is 0 Å². The lowest BCUT2D eigenvalue weighted by molar-refractivity contribution is 1.02. The molecule has 4 heterocycles. The molecule has 0 N–H and O–H groups in total. The normalized spacial score (nSPS) is 12.3. The summed E-state index contributed by atoms with van der Waals surface area (Å²) in [6, 6.07) is 62.5. The molecule has 11 aromatic rings. The van der Waals surface area contributed by atoms with Crippen LogP contribution in [-0.2, 0) is 0 Å². The zero-order valence-electron chi connectivity index (χ0n) is 29.4. The number of rotatable bonds is 4. The third kappa shape index (κ3) is 4.65. The molecule has 0 radical (unpaired) electrons. The van der Waals surface area contributed by atoms with Crippen LogP contribution in [0.5, 0.6) is 0 Å². The summed E-state index contributed by atoms with van der Waals surface area (Å²) in [5.74, 6) is 1.91. The van der Waals surface area contributed by atoms with Crippen molar-refractivity contribution < 1.29 is 0 Å². The van der Waals surface area contributed by atoms with Gasteiger partial charge in [0.25, 0.3) is 0 Å². The summed E-state index contributed by atoms with van der Waals surface area (Å²) in [6.07, 6.45) is 0. The van der Waals surface area contributed by atoms with E-state index in [1.807, 2.05) is 11.8 Å². The number of nitrogens with zero attached hydrogens (tertiary/aromatic N) is 5. The van der Waals surface area contributed by atoms with Crippen LogP contribution in [0, 0.1) is 0 Å². The molecular formula is C49H29N5S. The van der Waals surface area contributed by atoms with E-state index in [9.17, 15) is 0 Å². The molecule has 0 bridgehead atoms. The summed E-state index contributed by atoms with van der Waals surface area (Å²) < 4.78 is 4.89. The average Bonchev–Trinajstić information content (AvgIpc) is 3.77. The molecule has 0 unspecified atom stereocenters. The highest BCUT2D eigenvalue weighted by Gasteiger charge is 2.27. The van der Waals surface area contributed by atoms with Crippen LogP contribution in [0.3, 0.4) is 0 Å². The number of para-hydroxylation sites is 3. The van der Waals surface area contributed by atoms with E-state index in [0.29, 0.717) is 17.5 Å². The second-order valence-electron chi connectivity index (χ2n) is 14.1. The first-order chi connectivity index (χ1) is 27.2. The number of fused-ring (bicyclic) bond motifs is 9. The maximum Gasteiger partial charge on any atom is 0.164 e. The van der Waals surface area contributed by atoms with Gasteiger partial charge in [-0.05, 0) is 70.1 Å². The van der Waals surface area contributed by atoms with Crippen molar-refractivity contribution in [2.24, 2.45) is 0 Å². The molecule has 0 aliphatic carbocycles. The Balaban J connectivity index is 1.10. The predicted octanol–water partition coefficient (Wildman–Crippen LogP) is 12.7. The van der Waals surface area contributed by atoms with Crippen LogP contribution in [0.15, 0.2) is 186 Å². The maximum atomic E-state index is 5.20. The first-order valence-electron chi connectivity index (χ1n) is 18.4. The molecule has 0 saturated carbocycles. The Kier molecular flexibility index (Phi) is 6.50. The highest BCUT2D eigenvalue weighted by Crippen LogP contribution is 2.49. The van der Waals surface area contributed by atoms with Gasteiger partial charge in [0.05, 0.1) is 16.7 Å². The molecule has 8 aromatic carbocycles. The van der Waals surface area contributed by atoms with Crippen molar-refractivity contribution in [3.8, 4) is 45.5 Å². The van der Waals surface area contributed by atoms with Gasteiger partial charge >= 0.3 is 0 Å². The molecule has 0 spiro atoms. The summed E-state index contributed by atoms with van der Waals surface area (Å²) in [5.41, 5.74) is 8.61. The molecule has 1 aliphatic heterocycles. The molecule has 1 aliphatic rings. The van der Waals surface area contributed by atoms with Crippen molar-refractivity contribution in [3.63, 3.8) is 0 Å². The fraction of sp³-hybridized carbons (Fsp3) is 0. The SMILES string of the molecule is c1cc(-c2nc(-c3ccc4ccccc4c3)nc(-c3ccc4ccccc4c3)n2)cc(-n2c3ccccc3c3c4cccc5c4n(c32)-c2ccccc2S5)c1. The van der Waals surface area contributed by atoms with Crippen LogP contribution < -0.4 is 0 Å². The van der Waals surface area contributed by atoms with E-state index in [4.69, 9.17) is 15.0 Å². The van der Waals surface area contributed by atoms with Crippen molar-refractivity contribution in [3.05, 3.63) is 176 Å². The van der Waals surface area contributed by atoms with Crippen LogP contribution in [0.4, 0.5) is 0 Å². The van der Waals surface area contributed by atoms with E-state index < -0.39 is 0 Å².